The third kappa shape index (κ3) is 8.03. The number of fused-ring (bicyclic) bond motifs is 1. The van der Waals surface area contributed by atoms with Crippen molar-refractivity contribution < 1.29 is 28.6 Å². The molecule has 11 nitrogen and oxygen atoms in total. The summed E-state index contributed by atoms with van der Waals surface area (Å²) in [6.45, 7) is 7.54. The summed E-state index contributed by atoms with van der Waals surface area (Å²) < 4.78 is 16.9. The molecule has 3 amide bonds. The minimum Gasteiger partial charge on any atom is -0.493 e. The molecule has 1 saturated heterocycles. The first-order valence-corrected chi connectivity index (χ1v) is 16.2. The van der Waals surface area contributed by atoms with Crippen LogP contribution in [0.25, 0.3) is 10.2 Å². The number of rotatable bonds is 9. The van der Waals surface area contributed by atoms with Gasteiger partial charge in [-0.2, -0.15) is 0 Å². The number of hydrogen-bond acceptors (Lipinski definition) is 10. The van der Waals surface area contributed by atoms with Crippen LogP contribution in [0, 0.1) is 0 Å². The molecule has 0 aliphatic carbocycles. The van der Waals surface area contributed by atoms with Crippen LogP contribution in [0.15, 0.2) is 53.9 Å². The first kappa shape index (κ1) is 32.0. The molecule has 45 heavy (non-hydrogen) atoms. The number of nitrogens with one attached hydrogen (secondary N) is 2. The van der Waals surface area contributed by atoms with Crippen LogP contribution in [-0.2, 0) is 16.0 Å². The lowest BCUT2D eigenvalue weighted by atomic mass is 10.1. The molecule has 2 N–H and O–H groups in total. The van der Waals surface area contributed by atoms with Gasteiger partial charge >= 0.3 is 6.09 Å². The predicted octanol–water partition coefficient (Wildman–Crippen LogP) is 5.41. The van der Waals surface area contributed by atoms with Gasteiger partial charge < -0.3 is 34.6 Å². The SMILES string of the molecule is COc1ccc(NC(=O)c2ccc3nc(N4CCN(C(=O)C(Cc5cccs5)NC(=O)OC(C)(C)C)CC4)sc3c2)cc1OC. The maximum absolute atomic E-state index is 13.6. The van der Waals surface area contributed by atoms with E-state index in [1.807, 2.05) is 29.6 Å². The molecule has 13 heteroatoms. The van der Waals surface area contributed by atoms with Gasteiger partial charge in [0.1, 0.15) is 11.6 Å². The van der Waals surface area contributed by atoms with Crippen molar-refractivity contribution >= 4 is 61.6 Å². The Balaban J connectivity index is 1.22. The number of thiophene rings is 1. The van der Waals surface area contributed by atoms with Crippen LogP contribution in [-0.4, -0.2) is 79.8 Å². The number of carbonyl (C=O) groups is 3. The van der Waals surface area contributed by atoms with E-state index >= 15 is 0 Å². The van der Waals surface area contributed by atoms with Gasteiger partial charge in [-0.1, -0.05) is 17.4 Å². The van der Waals surface area contributed by atoms with Gasteiger partial charge in [-0.25, -0.2) is 9.78 Å². The fourth-order valence-electron chi connectivity index (χ4n) is 4.92. The molecule has 2 aromatic carbocycles. The van der Waals surface area contributed by atoms with E-state index in [1.165, 1.54) is 11.3 Å². The number of carbonyl (C=O) groups excluding carboxylic acids is 3. The zero-order valence-corrected chi connectivity index (χ0v) is 27.5. The number of benzene rings is 2. The molecular weight excluding hydrogens is 615 g/mol. The van der Waals surface area contributed by atoms with Crippen molar-refractivity contribution in [1.82, 2.24) is 15.2 Å². The summed E-state index contributed by atoms with van der Waals surface area (Å²) in [4.78, 5) is 48.9. The zero-order valence-electron chi connectivity index (χ0n) is 25.9. The Morgan fingerprint density at radius 2 is 1.73 bits per heavy atom. The van der Waals surface area contributed by atoms with Gasteiger partial charge in [-0.3, -0.25) is 9.59 Å². The van der Waals surface area contributed by atoms with Gasteiger partial charge in [-0.15, -0.1) is 11.3 Å². The van der Waals surface area contributed by atoms with Crippen molar-refractivity contribution in [1.29, 1.82) is 0 Å². The van der Waals surface area contributed by atoms with Crippen LogP contribution in [0.3, 0.4) is 0 Å². The molecule has 1 atom stereocenters. The predicted molar refractivity (Wildman–Crippen MR) is 177 cm³/mol. The number of piperazine rings is 1. The Bertz CT molecular complexity index is 1660. The fourth-order valence-corrected chi connectivity index (χ4v) is 6.73. The third-order valence-electron chi connectivity index (χ3n) is 7.12. The first-order valence-electron chi connectivity index (χ1n) is 14.5. The monoisotopic (exact) mass is 651 g/mol. The number of ether oxygens (including phenoxy) is 3. The average molecular weight is 652 g/mol. The van der Waals surface area contributed by atoms with E-state index in [-0.39, 0.29) is 11.8 Å². The van der Waals surface area contributed by atoms with Crippen molar-refractivity contribution in [3.05, 3.63) is 64.4 Å². The summed E-state index contributed by atoms with van der Waals surface area (Å²) in [5.41, 5.74) is 1.23. The molecule has 1 aliphatic heterocycles. The Kier molecular flexibility index (Phi) is 9.78. The molecule has 1 fully saturated rings. The first-order chi connectivity index (χ1) is 21.5. The highest BCUT2D eigenvalue weighted by Crippen LogP contribution is 2.32. The van der Waals surface area contributed by atoms with Gasteiger partial charge in [0.15, 0.2) is 16.6 Å². The lowest BCUT2D eigenvalue weighted by Crippen LogP contribution is -2.56. The van der Waals surface area contributed by atoms with Gasteiger partial charge in [0.05, 0.1) is 24.4 Å². The number of nitrogens with zero attached hydrogens (tertiary/aromatic N) is 3. The van der Waals surface area contributed by atoms with E-state index in [4.69, 9.17) is 19.2 Å². The van der Waals surface area contributed by atoms with Crippen LogP contribution in [0.1, 0.15) is 36.0 Å². The second kappa shape index (κ2) is 13.7. The van der Waals surface area contributed by atoms with Crippen LogP contribution < -0.4 is 25.0 Å². The second-order valence-corrected chi connectivity index (χ2v) is 13.5. The number of thiazole rings is 1. The highest BCUT2D eigenvalue weighted by molar-refractivity contribution is 7.22. The van der Waals surface area contributed by atoms with E-state index in [1.54, 1.807) is 75.5 Å². The summed E-state index contributed by atoms with van der Waals surface area (Å²) in [6.07, 6.45) is -0.210. The largest absolute Gasteiger partial charge is 0.493 e. The van der Waals surface area contributed by atoms with Gasteiger partial charge in [0.25, 0.3) is 5.91 Å². The number of alkyl carbamates (subject to hydrolysis) is 1. The Labute approximate surface area is 270 Å². The van der Waals surface area contributed by atoms with Crippen molar-refractivity contribution in [3.8, 4) is 11.5 Å². The number of amides is 3. The van der Waals surface area contributed by atoms with E-state index in [9.17, 15) is 14.4 Å². The molecule has 2 aromatic heterocycles. The molecule has 0 saturated carbocycles. The van der Waals surface area contributed by atoms with E-state index in [0.29, 0.717) is 55.3 Å². The quantitative estimate of drug-likeness (QED) is 0.246. The molecule has 5 rings (SSSR count). The molecule has 0 spiro atoms. The lowest BCUT2D eigenvalue weighted by molar-refractivity contribution is -0.133. The average Bonchev–Trinajstić information content (AvgIpc) is 3.69. The van der Waals surface area contributed by atoms with E-state index in [0.717, 1.165) is 20.2 Å². The summed E-state index contributed by atoms with van der Waals surface area (Å²) in [7, 11) is 3.10. The molecule has 1 aliphatic rings. The maximum Gasteiger partial charge on any atom is 0.408 e. The van der Waals surface area contributed by atoms with Crippen molar-refractivity contribution in [2.45, 2.75) is 38.8 Å². The number of anilines is 2. The second-order valence-electron chi connectivity index (χ2n) is 11.5. The highest BCUT2D eigenvalue weighted by Gasteiger charge is 2.31. The van der Waals surface area contributed by atoms with Crippen molar-refractivity contribution in [2.75, 3.05) is 50.6 Å². The Hall–Kier alpha value is -4.36. The lowest BCUT2D eigenvalue weighted by Gasteiger charge is -2.36. The molecule has 0 radical (unpaired) electrons. The zero-order chi connectivity index (χ0) is 32.1. The summed E-state index contributed by atoms with van der Waals surface area (Å²) in [6, 6.07) is 13.8. The van der Waals surface area contributed by atoms with Crippen LogP contribution in [0.5, 0.6) is 11.5 Å². The minimum atomic E-state index is -0.726. The van der Waals surface area contributed by atoms with E-state index < -0.39 is 17.7 Å². The maximum atomic E-state index is 13.6. The summed E-state index contributed by atoms with van der Waals surface area (Å²) in [5, 5.41) is 8.49. The Morgan fingerprint density at radius 1 is 0.978 bits per heavy atom. The van der Waals surface area contributed by atoms with Crippen LogP contribution >= 0.6 is 22.7 Å². The minimum absolute atomic E-state index is 0.136. The van der Waals surface area contributed by atoms with Gasteiger partial charge in [0.2, 0.25) is 5.91 Å². The van der Waals surface area contributed by atoms with Gasteiger partial charge in [0, 0.05) is 54.8 Å². The van der Waals surface area contributed by atoms with E-state index in [2.05, 4.69) is 15.5 Å². The molecule has 238 valence electrons. The standard InChI is InChI=1S/C32H37N5O6S2/c1-32(2,3)43-31(40)35-24(19-22-7-6-16-44-22)29(39)36-12-14-37(15-13-36)30-34-23-10-8-20(17-27(23)45-30)28(38)33-21-9-11-25(41-4)26(18-21)42-5/h6-11,16-18,24H,12-15,19H2,1-5H3,(H,33,38)(H,35,40). The van der Waals surface area contributed by atoms with Crippen molar-refractivity contribution in [2.24, 2.45) is 0 Å². The smallest absolute Gasteiger partial charge is 0.408 e. The highest BCUT2D eigenvalue weighted by atomic mass is 32.1. The molecule has 4 aromatic rings. The normalized spacial score (nSPS) is 14.2. The number of methoxy groups -OCH3 is 2. The molecule has 1 unspecified atom stereocenters. The molecule has 0 bridgehead atoms. The van der Waals surface area contributed by atoms with Crippen LogP contribution in [0.2, 0.25) is 0 Å². The third-order valence-corrected chi connectivity index (χ3v) is 9.09. The number of aromatic nitrogens is 1. The molecule has 3 heterocycles. The Morgan fingerprint density at radius 3 is 2.40 bits per heavy atom. The summed E-state index contributed by atoms with van der Waals surface area (Å²) >= 11 is 3.06. The summed E-state index contributed by atoms with van der Waals surface area (Å²) in [5.74, 6) is 0.721. The van der Waals surface area contributed by atoms with Gasteiger partial charge in [-0.05, 0) is 62.5 Å². The topological polar surface area (TPSA) is 122 Å². The number of hydrogen-bond donors (Lipinski definition) is 2. The van der Waals surface area contributed by atoms with Crippen LogP contribution in [0.4, 0.5) is 15.6 Å². The fraction of sp³-hybridized carbons (Fsp3) is 0.375. The van der Waals surface area contributed by atoms with Crippen molar-refractivity contribution in [3.63, 3.8) is 0 Å². The molecular formula is C32H37N5O6S2.